The van der Waals surface area contributed by atoms with Crippen LogP contribution in [0.1, 0.15) is 37.0 Å². The van der Waals surface area contributed by atoms with Crippen LogP contribution in [0.5, 0.6) is 5.75 Å². The Hall–Kier alpha value is -0.740. The largest absolute Gasteiger partial charge is 0.507 e. The fraction of sp³-hybridized carbons (Fsp3) is 0.462. The van der Waals surface area contributed by atoms with Gasteiger partial charge in [0.1, 0.15) is 5.75 Å². The summed E-state index contributed by atoms with van der Waals surface area (Å²) in [6.07, 6.45) is 1.49. The molecule has 18 heavy (non-hydrogen) atoms. The van der Waals surface area contributed by atoms with Gasteiger partial charge in [0.2, 0.25) is 0 Å². The zero-order chi connectivity index (χ0) is 13.8. The molecule has 0 aliphatic heterocycles. The third-order valence-corrected chi connectivity index (χ3v) is 4.20. The van der Waals surface area contributed by atoms with E-state index in [0.717, 1.165) is 17.3 Å². The highest BCUT2D eigenvalue weighted by Crippen LogP contribution is 2.24. The van der Waals surface area contributed by atoms with Gasteiger partial charge in [-0.05, 0) is 31.0 Å². The molecule has 1 aromatic carbocycles. The molecule has 0 spiro atoms. The second-order valence-electron chi connectivity index (χ2n) is 4.24. The molecule has 1 aromatic rings. The summed E-state index contributed by atoms with van der Waals surface area (Å²) >= 11 is 9.22. The van der Waals surface area contributed by atoms with Crippen LogP contribution in [0.3, 0.4) is 0 Å². The number of amides is 1. The van der Waals surface area contributed by atoms with Gasteiger partial charge in [-0.3, -0.25) is 4.79 Å². The molecule has 3 nitrogen and oxygen atoms in total. The van der Waals surface area contributed by atoms with Gasteiger partial charge in [-0.1, -0.05) is 29.8 Å². The van der Waals surface area contributed by atoms with Crippen LogP contribution in [-0.2, 0) is 0 Å². The molecule has 0 fully saturated rings. The number of carbonyl (C=O) groups is 1. The molecule has 0 aromatic heterocycles. The third-order valence-electron chi connectivity index (χ3n) is 3.19. The Morgan fingerprint density at radius 2 is 2.06 bits per heavy atom. The number of aromatic hydroxyl groups is 1. The minimum atomic E-state index is -0.423. The van der Waals surface area contributed by atoms with Crippen molar-refractivity contribution in [3.63, 3.8) is 0 Å². The molecule has 0 saturated heterocycles. The van der Waals surface area contributed by atoms with Crippen LogP contribution in [0.4, 0.5) is 0 Å². The summed E-state index contributed by atoms with van der Waals surface area (Å²) in [6.45, 7) is 3.96. The minimum Gasteiger partial charge on any atom is -0.507 e. The maximum atomic E-state index is 12.2. The predicted octanol–water partition coefficient (Wildman–Crippen LogP) is 3.68. The summed E-state index contributed by atoms with van der Waals surface area (Å²) in [5.74, 6) is 0.00469. The quantitative estimate of drug-likeness (QED) is 0.807. The standard InChI is InChI=1S/C13H17BrClNO2/c1-3-13(4-2,8-15)16-12(18)10-7-9(14)5-6-11(10)17/h5-7,17H,3-4,8H2,1-2H3,(H,16,18). The lowest BCUT2D eigenvalue weighted by atomic mass is 9.94. The highest BCUT2D eigenvalue weighted by atomic mass is 79.9. The average molecular weight is 335 g/mol. The van der Waals surface area contributed by atoms with Gasteiger partial charge in [-0.2, -0.15) is 0 Å². The second-order valence-corrected chi connectivity index (χ2v) is 5.42. The number of carbonyl (C=O) groups excluding carboxylic acids is 1. The number of phenolic OH excluding ortho intramolecular Hbond substituents is 1. The van der Waals surface area contributed by atoms with E-state index in [9.17, 15) is 9.90 Å². The summed E-state index contributed by atoms with van der Waals surface area (Å²) in [4.78, 5) is 12.2. The van der Waals surface area contributed by atoms with Crippen LogP contribution in [0.25, 0.3) is 0 Å². The number of hydrogen-bond acceptors (Lipinski definition) is 2. The smallest absolute Gasteiger partial charge is 0.255 e. The summed E-state index contributed by atoms with van der Waals surface area (Å²) in [7, 11) is 0. The first-order valence-corrected chi connectivity index (χ1v) is 7.17. The van der Waals surface area contributed by atoms with Crippen molar-refractivity contribution in [3.8, 4) is 5.75 Å². The van der Waals surface area contributed by atoms with Gasteiger partial charge in [0.25, 0.3) is 5.91 Å². The van der Waals surface area contributed by atoms with Crippen LogP contribution >= 0.6 is 27.5 Å². The van der Waals surface area contributed by atoms with Crippen LogP contribution in [0.2, 0.25) is 0 Å². The van der Waals surface area contributed by atoms with Gasteiger partial charge in [0.15, 0.2) is 0 Å². The zero-order valence-corrected chi connectivity index (χ0v) is 12.8. The van der Waals surface area contributed by atoms with E-state index in [2.05, 4.69) is 21.2 Å². The van der Waals surface area contributed by atoms with Crippen molar-refractivity contribution in [2.45, 2.75) is 32.2 Å². The van der Waals surface area contributed by atoms with Crippen molar-refractivity contribution in [3.05, 3.63) is 28.2 Å². The summed E-state index contributed by atoms with van der Waals surface area (Å²) in [6, 6.07) is 4.76. The Kier molecular flexibility index (Phi) is 5.47. The first kappa shape index (κ1) is 15.3. The van der Waals surface area contributed by atoms with E-state index in [4.69, 9.17) is 11.6 Å². The molecule has 1 rings (SSSR count). The van der Waals surface area contributed by atoms with Crippen molar-refractivity contribution in [1.82, 2.24) is 5.32 Å². The molecule has 0 radical (unpaired) electrons. The first-order chi connectivity index (χ1) is 8.48. The number of nitrogens with one attached hydrogen (secondary N) is 1. The van der Waals surface area contributed by atoms with Crippen molar-refractivity contribution in [2.75, 3.05) is 5.88 Å². The molecule has 0 atom stereocenters. The average Bonchev–Trinajstić information content (AvgIpc) is 2.38. The Labute approximate surface area is 121 Å². The maximum absolute atomic E-state index is 12.2. The molecule has 0 saturated carbocycles. The van der Waals surface area contributed by atoms with Crippen LogP contribution in [0, 0.1) is 0 Å². The van der Waals surface area contributed by atoms with Gasteiger partial charge >= 0.3 is 0 Å². The number of alkyl halides is 1. The Morgan fingerprint density at radius 1 is 1.44 bits per heavy atom. The predicted molar refractivity (Wildman–Crippen MR) is 77.3 cm³/mol. The summed E-state index contributed by atoms with van der Waals surface area (Å²) in [5.41, 5.74) is -0.173. The molecular formula is C13H17BrClNO2. The van der Waals surface area contributed by atoms with Gasteiger partial charge < -0.3 is 10.4 Å². The minimum absolute atomic E-state index is 0.0358. The van der Waals surface area contributed by atoms with Gasteiger partial charge in [0, 0.05) is 10.4 Å². The van der Waals surface area contributed by atoms with E-state index in [0.29, 0.717) is 5.88 Å². The lowest BCUT2D eigenvalue weighted by Crippen LogP contribution is -2.49. The molecular weight excluding hydrogens is 318 g/mol. The Morgan fingerprint density at radius 3 is 2.56 bits per heavy atom. The van der Waals surface area contributed by atoms with Gasteiger partial charge in [0.05, 0.1) is 11.1 Å². The zero-order valence-electron chi connectivity index (χ0n) is 10.5. The van der Waals surface area contributed by atoms with Crippen LogP contribution in [0.15, 0.2) is 22.7 Å². The van der Waals surface area contributed by atoms with Crippen molar-refractivity contribution >= 4 is 33.4 Å². The fourth-order valence-electron chi connectivity index (χ4n) is 1.65. The molecule has 1 amide bonds. The van der Waals surface area contributed by atoms with E-state index in [1.165, 1.54) is 6.07 Å². The van der Waals surface area contributed by atoms with Gasteiger partial charge in [-0.25, -0.2) is 0 Å². The molecule has 0 aliphatic carbocycles. The number of phenols is 1. The SMILES string of the molecule is CCC(CC)(CCl)NC(=O)c1cc(Br)ccc1O. The fourth-order valence-corrected chi connectivity index (χ4v) is 2.45. The Balaban J connectivity index is 2.97. The molecule has 100 valence electrons. The van der Waals surface area contributed by atoms with Crippen molar-refractivity contribution in [2.24, 2.45) is 0 Å². The van der Waals surface area contributed by atoms with Crippen molar-refractivity contribution in [1.29, 1.82) is 0 Å². The maximum Gasteiger partial charge on any atom is 0.255 e. The third kappa shape index (κ3) is 3.39. The van der Waals surface area contributed by atoms with Gasteiger partial charge in [-0.15, -0.1) is 11.6 Å². The second kappa shape index (κ2) is 6.43. The normalized spacial score (nSPS) is 11.3. The lowest BCUT2D eigenvalue weighted by Gasteiger charge is -2.30. The van der Waals surface area contributed by atoms with E-state index in [-0.39, 0.29) is 17.2 Å². The van der Waals surface area contributed by atoms with E-state index in [1.54, 1.807) is 12.1 Å². The topological polar surface area (TPSA) is 49.3 Å². The first-order valence-electron chi connectivity index (χ1n) is 5.85. The molecule has 0 unspecified atom stereocenters. The number of benzene rings is 1. The van der Waals surface area contributed by atoms with Crippen LogP contribution in [-0.4, -0.2) is 22.4 Å². The summed E-state index contributed by atoms with van der Waals surface area (Å²) < 4.78 is 0.745. The number of hydrogen-bond donors (Lipinski definition) is 2. The molecule has 0 bridgehead atoms. The lowest BCUT2D eigenvalue weighted by molar-refractivity contribution is 0.0899. The number of rotatable bonds is 5. The van der Waals surface area contributed by atoms with E-state index >= 15 is 0 Å². The van der Waals surface area contributed by atoms with E-state index < -0.39 is 5.54 Å². The highest BCUT2D eigenvalue weighted by molar-refractivity contribution is 9.10. The molecule has 2 N–H and O–H groups in total. The summed E-state index contributed by atoms with van der Waals surface area (Å²) in [5, 5.41) is 12.6. The highest BCUT2D eigenvalue weighted by Gasteiger charge is 2.28. The Bertz CT molecular complexity index is 425. The monoisotopic (exact) mass is 333 g/mol. The van der Waals surface area contributed by atoms with Crippen LogP contribution < -0.4 is 5.32 Å². The van der Waals surface area contributed by atoms with E-state index in [1.807, 2.05) is 13.8 Å². The molecule has 0 heterocycles. The van der Waals surface area contributed by atoms with Crippen molar-refractivity contribution < 1.29 is 9.90 Å². The number of halogens is 2. The molecule has 0 aliphatic rings. The molecule has 5 heteroatoms.